The second-order valence-corrected chi connectivity index (χ2v) is 7.91. The number of amides is 1. The van der Waals surface area contributed by atoms with Crippen LogP contribution in [0.25, 0.3) is 28.0 Å². The van der Waals surface area contributed by atoms with Crippen molar-refractivity contribution < 1.29 is 9.53 Å². The van der Waals surface area contributed by atoms with Gasteiger partial charge in [-0.05, 0) is 48.5 Å². The molecule has 7 heteroatoms. The highest BCUT2D eigenvalue weighted by atomic mass is 16.5. The fourth-order valence-corrected chi connectivity index (χ4v) is 4.33. The normalized spacial score (nSPS) is 12.8. The van der Waals surface area contributed by atoms with Crippen LogP contribution in [-0.4, -0.2) is 38.9 Å². The number of methoxy groups -OCH3 is 1. The molecule has 0 N–H and O–H groups in total. The summed E-state index contributed by atoms with van der Waals surface area (Å²) in [7, 11) is 1.63. The van der Waals surface area contributed by atoms with Crippen LogP contribution >= 0.6 is 0 Å². The summed E-state index contributed by atoms with van der Waals surface area (Å²) in [5.41, 5.74) is 4.82. The maximum Gasteiger partial charge on any atom is 0.264 e. The summed E-state index contributed by atoms with van der Waals surface area (Å²) >= 11 is 0. The van der Waals surface area contributed by atoms with Crippen LogP contribution in [0.15, 0.2) is 85.1 Å². The molecule has 3 aromatic carbocycles. The van der Waals surface area contributed by atoms with Crippen LogP contribution in [0.5, 0.6) is 5.75 Å². The molecule has 0 spiro atoms. The van der Waals surface area contributed by atoms with Crippen LogP contribution in [0.4, 0.5) is 5.95 Å². The van der Waals surface area contributed by atoms with Crippen molar-refractivity contribution in [2.45, 2.75) is 6.54 Å². The van der Waals surface area contributed by atoms with Gasteiger partial charge >= 0.3 is 0 Å². The minimum atomic E-state index is -0.114. The molecular weight excluding hydrogens is 414 g/mol. The van der Waals surface area contributed by atoms with Crippen molar-refractivity contribution in [2.24, 2.45) is 0 Å². The number of anilines is 1. The standard InChI is InChI=1S/C26H21N5O2/c1-33-20-13-11-18(12-14-20)24-21(17-31(28-24)19-7-3-2-4-8-19)25(32)30-16-15-29-23-10-6-5-9-22(23)27-26(29)30/h2-14,17H,15-16H2,1H3. The molecular formula is C26H21N5O2. The lowest BCUT2D eigenvalue weighted by Gasteiger charge is -2.13. The molecule has 0 radical (unpaired) electrons. The van der Waals surface area contributed by atoms with Gasteiger partial charge in [0.1, 0.15) is 11.4 Å². The molecule has 0 atom stereocenters. The first-order valence-electron chi connectivity index (χ1n) is 10.8. The molecule has 33 heavy (non-hydrogen) atoms. The van der Waals surface area contributed by atoms with E-state index in [1.54, 1.807) is 16.7 Å². The lowest BCUT2D eigenvalue weighted by atomic mass is 10.1. The van der Waals surface area contributed by atoms with Crippen LogP contribution in [0.2, 0.25) is 0 Å². The van der Waals surface area contributed by atoms with Gasteiger partial charge < -0.3 is 9.30 Å². The van der Waals surface area contributed by atoms with Crippen LogP contribution in [0, 0.1) is 0 Å². The summed E-state index contributed by atoms with van der Waals surface area (Å²) in [6.07, 6.45) is 1.81. The second-order valence-electron chi connectivity index (χ2n) is 7.91. The van der Waals surface area contributed by atoms with E-state index < -0.39 is 0 Å². The summed E-state index contributed by atoms with van der Waals surface area (Å²) < 4.78 is 9.15. The summed E-state index contributed by atoms with van der Waals surface area (Å²) in [4.78, 5) is 20.3. The third-order valence-corrected chi connectivity index (χ3v) is 6.00. The van der Waals surface area contributed by atoms with E-state index in [1.807, 2.05) is 85.1 Å². The van der Waals surface area contributed by atoms with E-state index in [2.05, 4.69) is 4.57 Å². The first kappa shape index (κ1) is 19.3. The number of ether oxygens (including phenoxy) is 1. The van der Waals surface area contributed by atoms with Gasteiger partial charge in [0.2, 0.25) is 5.95 Å². The molecule has 1 amide bonds. The molecule has 7 nitrogen and oxygen atoms in total. The highest BCUT2D eigenvalue weighted by Crippen LogP contribution is 2.31. The van der Waals surface area contributed by atoms with Gasteiger partial charge in [0.15, 0.2) is 0 Å². The number of rotatable bonds is 4. The zero-order valence-corrected chi connectivity index (χ0v) is 18.0. The maximum atomic E-state index is 13.8. The smallest absolute Gasteiger partial charge is 0.264 e. The number of imidazole rings is 1. The fraction of sp³-hybridized carbons (Fsp3) is 0.115. The van der Waals surface area contributed by atoms with Gasteiger partial charge in [-0.25, -0.2) is 9.67 Å². The van der Waals surface area contributed by atoms with Crippen molar-refractivity contribution >= 4 is 22.9 Å². The number of carbonyl (C=O) groups is 1. The van der Waals surface area contributed by atoms with Crippen LogP contribution in [-0.2, 0) is 6.54 Å². The largest absolute Gasteiger partial charge is 0.497 e. The van der Waals surface area contributed by atoms with E-state index in [0.29, 0.717) is 30.3 Å². The number of carbonyl (C=O) groups excluding carboxylic acids is 1. The van der Waals surface area contributed by atoms with Gasteiger partial charge in [-0.2, -0.15) is 5.10 Å². The third kappa shape index (κ3) is 3.17. The van der Waals surface area contributed by atoms with E-state index in [0.717, 1.165) is 28.0 Å². The fourth-order valence-electron chi connectivity index (χ4n) is 4.33. The van der Waals surface area contributed by atoms with E-state index in [-0.39, 0.29) is 5.91 Å². The van der Waals surface area contributed by atoms with Gasteiger partial charge in [-0.15, -0.1) is 0 Å². The Labute approximate surface area is 190 Å². The molecule has 0 unspecified atom stereocenters. The van der Waals surface area contributed by atoms with Crippen molar-refractivity contribution in [3.8, 4) is 22.7 Å². The lowest BCUT2D eigenvalue weighted by Crippen LogP contribution is -2.29. The minimum Gasteiger partial charge on any atom is -0.497 e. The Bertz CT molecular complexity index is 1470. The van der Waals surface area contributed by atoms with Gasteiger partial charge in [0, 0.05) is 24.8 Å². The minimum absolute atomic E-state index is 0.114. The summed E-state index contributed by atoms with van der Waals surface area (Å²) in [5, 5.41) is 4.80. The summed E-state index contributed by atoms with van der Waals surface area (Å²) in [6.45, 7) is 1.29. The molecule has 162 valence electrons. The molecule has 0 saturated heterocycles. The highest BCUT2D eigenvalue weighted by molar-refractivity contribution is 6.10. The Morgan fingerprint density at radius 3 is 2.45 bits per heavy atom. The third-order valence-electron chi connectivity index (χ3n) is 6.00. The molecule has 5 aromatic rings. The molecule has 0 fully saturated rings. The number of hydrogen-bond acceptors (Lipinski definition) is 4. The van der Waals surface area contributed by atoms with E-state index in [9.17, 15) is 4.79 Å². The lowest BCUT2D eigenvalue weighted by molar-refractivity contribution is 0.0989. The number of fused-ring (bicyclic) bond motifs is 3. The van der Waals surface area contributed by atoms with Crippen molar-refractivity contribution in [3.63, 3.8) is 0 Å². The van der Waals surface area contributed by atoms with E-state index in [4.69, 9.17) is 14.8 Å². The molecule has 2 aromatic heterocycles. The Balaban J connectivity index is 1.46. The van der Waals surface area contributed by atoms with Crippen molar-refractivity contribution in [1.29, 1.82) is 0 Å². The second kappa shape index (κ2) is 7.63. The van der Waals surface area contributed by atoms with Crippen LogP contribution < -0.4 is 9.64 Å². The first-order valence-corrected chi connectivity index (χ1v) is 10.8. The SMILES string of the molecule is COc1ccc(-c2nn(-c3ccccc3)cc2C(=O)N2CCn3c2nc2ccccc23)cc1. The number of para-hydroxylation sites is 3. The molecule has 3 heterocycles. The first-order chi connectivity index (χ1) is 16.2. The Kier molecular flexibility index (Phi) is 4.47. The van der Waals surface area contributed by atoms with Gasteiger partial charge in [-0.1, -0.05) is 30.3 Å². The van der Waals surface area contributed by atoms with E-state index in [1.165, 1.54) is 0 Å². The number of nitrogens with zero attached hydrogens (tertiary/aromatic N) is 5. The summed E-state index contributed by atoms with van der Waals surface area (Å²) in [6, 6.07) is 25.4. The Hall–Kier alpha value is -4.39. The highest BCUT2D eigenvalue weighted by Gasteiger charge is 2.32. The monoisotopic (exact) mass is 435 g/mol. The van der Waals surface area contributed by atoms with E-state index >= 15 is 0 Å². The molecule has 1 aliphatic rings. The number of aromatic nitrogens is 4. The maximum absolute atomic E-state index is 13.8. The Morgan fingerprint density at radius 1 is 0.909 bits per heavy atom. The Morgan fingerprint density at radius 2 is 1.67 bits per heavy atom. The average molecular weight is 435 g/mol. The molecule has 1 aliphatic heterocycles. The average Bonchev–Trinajstić information content (AvgIpc) is 3.58. The zero-order chi connectivity index (χ0) is 22.4. The quantitative estimate of drug-likeness (QED) is 0.415. The van der Waals surface area contributed by atoms with Crippen molar-refractivity contribution in [1.82, 2.24) is 19.3 Å². The number of hydrogen-bond donors (Lipinski definition) is 0. The van der Waals surface area contributed by atoms with Gasteiger partial charge in [0.25, 0.3) is 5.91 Å². The zero-order valence-electron chi connectivity index (χ0n) is 18.0. The molecule has 0 aliphatic carbocycles. The molecule has 6 rings (SSSR count). The van der Waals surface area contributed by atoms with Crippen molar-refractivity contribution in [3.05, 3.63) is 90.6 Å². The van der Waals surface area contributed by atoms with Gasteiger partial charge in [-0.3, -0.25) is 9.69 Å². The predicted octanol–water partition coefficient (Wildman–Crippen LogP) is 4.56. The molecule has 0 saturated carbocycles. The topological polar surface area (TPSA) is 65.2 Å². The van der Waals surface area contributed by atoms with Crippen LogP contribution in [0.3, 0.4) is 0 Å². The van der Waals surface area contributed by atoms with Crippen molar-refractivity contribution in [2.75, 3.05) is 18.6 Å². The summed E-state index contributed by atoms with van der Waals surface area (Å²) in [5.74, 6) is 1.31. The van der Waals surface area contributed by atoms with Crippen LogP contribution in [0.1, 0.15) is 10.4 Å². The number of benzene rings is 3. The van der Waals surface area contributed by atoms with Gasteiger partial charge in [0.05, 0.1) is 29.4 Å². The molecule has 0 bridgehead atoms. The predicted molar refractivity (Wildman–Crippen MR) is 127 cm³/mol.